The van der Waals surface area contributed by atoms with E-state index in [-0.39, 0.29) is 11.3 Å². The van der Waals surface area contributed by atoms with Crippen molar-refractivity contribution in [3.8, 4) is 0 Å². The number of halogens is 1. The van der Waals surface area contributed by atoms with E-state index >= 15 is 0 Å². The number of hydrogen-bond donors (Lipinski definition) is 1. The highest BCUT2D eigenvalue weighted by Gasteiger charge is 2.44. The summed E-state index contributed by atoms with van der Waals surface area (Å²) in [5.41, 5.74) is 2.33. The lowest BCUT2D eigenvalue weighted by Crippen LogP contribution is -2.32. The van der Waals surface area contributed by atoms with Crippen molar-refractivity contribution >= 4 is 34.3 Å². The number of fused-ring (bicyclic) bond motifs is 1. The van der Waals surface area contributed by atoms with Crippen LogP contribution in [-0.2, 0) is 4.79 Å². The maximum absolute atomic E-state index is 13.5. The van der Waals surface area contributed by atoms with Crippen molar-refractivity contribution in [3.05, 3.63) is 81.8 Å². The third-order valence-electron chi connectivity index (χ3n) is 5.74. The first-order valence-electron chi connectivity index (χ1n) is 10.5. The molecule has 4 rings (SSSR count). The van der Waals surface area contributed by atoms with E-state index in [9.17, 15) is 14.7 Å². The van der Waals surface area contributed by atoms with Gasteiger partial charge in [-0.05, 0) is 48.7 Å². The first-order valence-corrected chi connectivity index (χ1v) is 10.8. The molecule has 1 amide bonds. The normalized spacial score (nSPS) is 16.5. The quantitative estimate of drug-likeness (QED) is 0.354. The minimum Gasteiger partial charge on any atom is -0.503 e. The summed E-state index contributed by atoms with van der Waals surface area (Å²) >= 11 is 6.05. The molecular formula is C25H24ClNO4. The Labute approximate surface area is 185 Å². The Balaban J connectivity index is 1.79. The smallest absolute Gasteiger partial charge is 0.290 e. The molecule has 5 nitrogen and oxygen atoms in total. The molecule has 0 saturated heterocycles. The zero-order valence-electron chi connectivity index (χ0n) is 17.5. The van der Waals surface area contributed by atoms with Crippen molar-refractivity contribution in [2.75, 3.05) is 6.54 Å². The van der Waals surface area contributed by atoms with E-state index in [1.807, 2.05) is 31.2 Å². The number of amides is 1. The summed E-state index contributed by atoms with van der Waals surface area (Å²) in [6.45, 7) is 4.48. The maximum Gasteiger partial charge on any atom is 0.290 e. The molecule has 2 aromatic carbocycles. The van der Waals surface area contributed by atoms with E-state index in [4.69, 9.17) is 16.0 Å². The minimum atomic E-state index is -0.658. The van der Waals surface area contributed by atoms with Crippen molar-refractivity contribution in [1.82, 2.24) is 4.90 Å². The summed E-state index contributed by atoms with van der Waals surface area (Å²) in [7, 11) is 0. The van der Waals surface area contributed by atoms with Crippen molar-refractivity contribution in [2.24, 2.45) is 0 Å². The number of carbonyl (C=O) groups is 2. The number of unbranched alkanes of at least 4 members (excludes halogenated alkanes) is 2. The molecule has 3 aromatic rings. The van der Waals surface area contributed by atoms with Gasteiger partial charge >= 0.3 is 0 Å². The number of ketones is 1. The fraction of sp³-hybridized carbons (Fsp3) is 0.280. The third-order valence-corrected chi connectivity index (χ3v) is 5.97. The predicted octanol–water partition coefficient (Wildman–Crippen LogP) is 6.16. The summed E-state index contributed by atoms with van der Waals surface area (Å²) < 4.78 is 5.75. The Morgan fingerprint density at radius 3 is 2.68 bits per heavy atom. The largest absolute Gasteiger partial charge is 0.503 e. The molecule has 160 valence electrons. The molecule has 0 saturated carbocycles. The highest BCUT2D eigenvalue weighted by Crippen LogP contribution is 2.41. The molecule has 1 N–H and O–H groups in total. The van der Waals surface area contributed by atoms with Gasteiger partial charge in [-0.25, -0.2) is 0 Å². The topological polar surface area (TPSA) is 70.8 Å². The average molecular weight is 438 g/mol. The number of carbonyl (C=O) groups excluding carboxylic acids is 2. The zero-order valence-corrected chi connectivity index (χ0v) is 18.3. The van der Waals surface area contributed by atoms with Gasteiger partial charge in [0.15, 0.2) is 11.5 Å². The first kappa shape index (κ1) is 21.2. The Hall–Kier alpha value is -3.05. The summed E-state index contributed by atoms with van der Waals surface area (Å²) in [5, 5.41) is 12.0. The van der Waals surface area contributed by atoms with Crippen LogP contribution in [0, 0.1) is 6.92 Å². The van der Waals surface area contributed by atoms with Crippen LogP contribution >= 0.6 is 11.6 Å². The van der Waals surface area contributed by atoms with E-state index in [2.05, 4.69) is 6.92 Å². The maximum atomic E-state index is 13.5. The predicted molar refractivity (Wildman–Crippen MR) is 120 cm³/mol. The van der Waals surface area contributed by atoms with Gasteiger partial charge in [-0.1, -0.05) is 55.6 Å². The third kappa shape index (κ3) is 3.86. The molecule has 0 bridgehead atoms. The standard InChI is InChI=1S/C25H24ClNO4/c1-3-4-7-12-27-22(18-9-6-5-8-15(18)2)21(24(29)25(27)30)23(28)20-14-16-13-17(26)10-11-19(16)31-20/h5-6,8-11,13-14,22,29H,3-4,7,12H2,1-2H3. The second-order valence-corrected chi connectivity index (χ2v) is 8.29. The Morgan fingerprint density at radius 2 is 1.94 bits per heavy atom. The van der Waals surface area contributed by atoms with Crippen LogP contribution in [0.25, 0.3) is 11.0 Å². The van der Waals surface area contributed by atoms with Crippen molar-refractivity contribution in [1.29, 1.82) is 0 Å². The van der Waals surface area contributed by atoms with Gasteiger partial charge < -0.3 is 14.4 Å². The van der Waals surface area contributed by atoms with Crippen LogP contribution < -0.4 is 0 Å². The van der Waals surface area contributed by atoms with E-state index < -0.39 is 23.5 Å². The number of Topliss-reactive ketones (excluding diaryl/α,β-unsaturated/α-hetero) is 1. The molecule has 6 heteroatoms. The van der Waals surface area contributed by atoms with Crippen molar-refractivity contribution < 1.29 is 19.1 Å². The SMILES string of the molecule is CCCCCN1C(=O)C(O)=C(C(=O)c2cc3cc(Cl)ccc3o2)C1c1ccccc1C. The molecule has 1 aromatic heterocycles. The fourth-order valence-corrected chi connectivity index (χ4v) is 4.30. The van der Waals surface area contributed by atoms with Crippen LogP contribution in [0.15, 0.2) is 64.3 Å². The molecule has 2 heterocycles. The van der Waals surface area contributed by atoms with E-state index in [0.29, 0.717) is 22.5 Å². The number of aliphatic hydroxyl groups excluding tert-OH is 1. The first-order chi connectivity index (χ1) is 14.9. The van der Waals surface area contributed by atoms with Gasteiger partial charge in [-0.3, -0.25) is 9.59 Å². The molecule has 1 unspecified atom stereocenters. The molecular weight excluding hydrogens is 414 g/mol. The Bertz CT molecular complexity index is 1190. The monoisotopic (exact) mass is 437 g/mol. The number of nitrogens with zero attached hydrogens (tertiary/aromatic N) is 1. The number of benzene rings is 2. The summed E-state index contributed by atoms with van der Waals surface area (Å²) in [6.07, 6.45) is 2.75. The molecule has 0 spiro atoms. The van der Waals surface area contributed by atoms with Gasteiger partial charge in [0, 0.05) is 17.0 Å². The number of aryl methyl sites for hydroxylation is 1. The van der Waals surface area contributed by atoms with Crippen LogP contribution in [0.2, 0.25) is 5.02 Å². The molecule has 1 aliphatic rings. The number of aliphatic hydroxyl groups is 1. The average Bonchev–Trinajstić information content (AvgIpc) is 3.28. The Kier molecular flexibility index (Phi) is 5.88. The van der Waals surface area contributed by atoms with Crippen LogP contribution in [0.3, 0.4) is 0 Å². The highest BCUT2D eigenvalue weighted by molar-refractivity contribution is 6.31. The second kappa shape index (κ2) is 8.60. The van der Waals surface area contributed by atoms with Gasteiger partial charge in [0.05, 0.1) is 11.6 Å². The zero-order chi connectivity index (χ0) is 22.1. The minimum absolute atomic E-state index is 0.0564. The molecule has 31 heavy (non-hydrogen) atoms. The lowest BCUT2D eigenvalue weighted by atomic mass is 9.92. The lowest BCUT2D eigenvalue weighted by molar-refractivity contribution is -0.129. The molecule has 1 aliphatic heterocycles. The van der Waals surface area contributed by atoms with Crippen molar-refractivity contribution in [2.45, 2.75) is 39.2 Å². The number of furan rings is 1. The van der Waals surface area contributed by atoms with Crippen LogP contribution in [0.1, 0.15) is 53.9 Å². The van der Waals surface area contributed by atoms with Crippen LogP contribution in [0.5, 0.6) is 0 Å². The van der Waals surface area contributed by atoms with Crippen LogP contribution in [0.4, 0.5) is 0 Å². The van der Waals surface area contributed by atoms with Gasteiger partial charge in [-0.15, -0.1) is 0 Å². The molecule has 1 atom stereocenters. The summed E-state index contributed by atoms with van der Waals surface area (Å²) in [6, 6.07) is 13.6. The number of rotatable bonds is 7. The second-order valence-electron chi connectivity index (χ2n) is 7.85. The lowest BCUT2D eigenvalue weighted by Gasteiger charge is -2.27. The van der Waals surface area contributed by atoms with E-state index in [0.717, 1.165) is 30.4 Å². The van der Waals surface area contributed by atoms with Crippen molar-refractivity contribution in [3.63, 3.8) is 0 Å². The van der Waals surface area contributed by atoms with Gasteiger partial charge in [0.1, 0.15) is 5.58 Å². The summed E-state index contributed by atoms with van der Waals surface area (Å²) in [5.74, 6) is -1.45. The Morgan fingerprint density at radius 1 is 1.16 bits per heavy atom. The van der Waals surface area contributed by atoms with E-state index in [1.54, 1.807) is 29.2 Å². The highest BCUT2D eigenvalue weighted by atomic mass is 35.5. The molecule has 0 radical (unpaired) electrons. The molecule has 0 aliphatic carbocycles. The van der Waals surface area contributed by atoms with Gasteiger partial charge in [0.2, 0.25) is 5.78 Å². The summed E-state index contributed by atoms with van der Waals surface area (Å²) in [4.78, 5) is 28.1. The number of hydrogen-bond acceptors (Lipinski definition) is 4. The molecule has 0 fully saturated rings. The fourth-order valence-electron chi connectivity index (χ4n) is 4.12. The van der Waals surface area contributed by atoms with Gasteiger partial charge in [0.25, 0.3) is 5.91 Å². The van der Waals surface area contributed by atoms with E-state index in [1.165, 1.54) is 0 Å². The van der Waals surface area contributed by atoms with Gasteiger partial charge in [-0.2, -0.15) is 0 Å². The van der Waals surface area contributed by atoms with Crippen LogP contribution in [-0.4, -0.2) is 28.2 Å².